The van der Waals surface area contributed by atoms with Crippen molar-refractivity contribution >= 4 is 11.8 Å². The SMILES string of the molecule is C#C.CCCCCCCCCC.CCCSC.c1ccccc1. The zero-order valence-corrected chi connectivity index (χ0v) is 16.9. The highest BCUT2D eigenvalue weighted by atomic mass is 32.2. The van der Waals surface area contributed by atoms with Crippen LogP contribution in [-0.4, -0.2) is 12.0 Å². The summed E-state index contributed by atoms with van der Waals surface area (Å²) in [5.74, 6) is 1.31. The molecule has 0 saturated carbocycles. The van der Waals surface area contributed by atoms with Gasteiger partial charge in [-0.2, -0.15) is 11.8 Å². The number of hydrogen-bond acceptors (Lipinski definition) is 1. The average Bonchev–Trinajstić information content (AvgIpc) is 2.63. The first-order valence-corrected chi connectivity index (χ1v) is 10.5. The fourth-order valence-corrected chi connectivity index (χ4v) is 2.20. The van der Waals surface area contributed by atoms with Gasteiger partial charge in [-0.25, -0.2) is 0 Å². The van der Waals surface area contributed by atoms with E-state index in [-0.39, 0.29) is 0 Å². The molecular formula is C22H40S. The number of hydrogen-bond donors (Lipinski definition) is 0. The molecule has 0 bridgehead atoms. The molecule has 134 valence electrons. The van der Waals surface area contributed by atoms with Crippen LogP contribution in [-0.2, 0) is 0 Å². The van der Waals surface area contributed by atoms with Crippen molar-refractivity contribution in [1.82, 2.24) is 0 Å². The molecule has 0 N–H and O–H groups in total. The molecule has 0 radical (unpaired) electrons. The Kier molecular flexibility index (Phi) is 38.6. The largest absolute Gasteiger partial charge is 0.165 e. The molecule has 0 aliphatic carbocycles. The lowest BCUT2D eigenvalue weighted by Crippen LogP contribution is -1.77. The van der Waals surface area contributed by atoms with E-state index in [1.807, 2.05) is 48.2 Å². The van der Waals surface area contributed by atoms with Gasteiger partial charge in [0.2, 0.25) is 0 Å². The Labute approximate surface area is 151 Å². The van der Waals surface area contributed by atoms with Gasteiger partial charge < -0.3 is 0 Å². The molecule has 0 amide bonds. The molecule has 1 rings (SSSR count). The van der Waals surface area contributed by atoms with Crippen molar-refractivity contribution in [2.75, 3.05) is 12.0 Å². The predicted molar refractivity (Wildman–Crippen MR) is 113 cm³/mol. The summed E-state index contributed by atoms with van der Waals surface area (Å²) < 4.78 is 0. The molecule has 0 unspecified atom stereocenters. The van der Waals surface area contributed by atoms with E-state index in [0.29, 0.717) is 0 Å². The maximum absolute atomic E-state index is 4.00. The zero-order chi connectivity index (χ0) is 18.0. The number of unbranched alkanes of at least 4 members (excludes halogenated alkanes) is 7. The summed E-state index contributed by atoms with van der Waals surface area (Å²) >= 11 is 1.90. The van der Waals surface area contributed by atoms with Gasteiger partial charge in [0.05, 0.1) is 0 Å². The van der Waals surface area contributed by atoms with E-state index < -0.39 is 0 Å². The van der Waals surface area contributed by atoms with Crippen molar-refractivity contribution in [2.24, 2.45) is 0 Å². The van der Waals surface area contributed by atoms with Gasteiger partial charge in [-0.1, -0.05) is 109 Å². The first-order valence-electron chi connectivity index (χ1n) is 9.15. The van der Waals surface area contributed by atoms with Crippen LogP contribution in [0, 0.1) is 12.8 Å². The fraction of sp³-hybridized carbons (Fsp3) is 0.636. The summed E-state index contributed by atoms with van der Waals surface area (Å²) in [5.41, 5.74) is 0. The molecule has 0 nitrogen and oxygen atoms in total. The molecule has 23 heavy (non-hydrogen) atoms. The van der Waals surface area contributed by atoms with Gasteiger partial charge in [0.1, 0.15) is 0 Å². The topological polar surface area (TPSA) is 0 Å². The molecule has 0 aliphatic heterocycles. The van der Waals surface area contributed by atoms with Gasteiger partial charge in [0, 0.05) is 0 Å². The quantitative estimate of drug-likeness (QED) is 0.327. The standard InChI is InChI=1S/C10H22.C6H6.C4H10S.C2H2/c1-3-5-7-9-10-8-6-4-2;1-2-4-6-5-3-1;1-3-4-5-2;1-2/h3-10H2,1-2H3;1-6H;3-4H2,1-2H3;1-2H. The molecular weight excluding hydrogens is 296 g/mol. The third kappa shape index (κ3) is 38.7. The number of thioether (sulfide) groups is 1. The van der Waals surface area contributed by atoms with Crippen molar-refractivity contribution in [1.29, 1.82) is 0 Å². The van der Waals surface area contributed by atoms with E-state index in [9.17, 15) is 0 Å². The Morgan fingerprint density at radius 1 is 0.565 bits per heavy atom. The lowest BCUT2D eigenvalue weighted by Gasteiger charge is -1.97. The maximum atomic E-state index is 4.00. The molecule has 0 spiro atoms. The van der Waals surface area contributed by atoms with Gasteiger partial charge in [-0.3, -0.25) is 0 Å². The van der Waals surface area contributed by atoms with Crippen LogP contribution in [0.1, 0.15) is 78.6 Å². The monoisotopic (exact) mass is 336 g/mol. The Hall–Kier alpha value is -0.870. The Morgan fingerprint density at radius 3 is 1.04 bits per heavy atom. The highest BCUT2D eigenvalue weighted by Crippen LogP contribution is 2.07. The molecule has 0 heterocycles. The highest BCUT2D eigenvalue weighted by Gasteiger charge is 1.87. The van der Waals surface area contributed by atoms with Crippen LogP contribution in [0.25, 0.3) is 0 Å². The van der Waals surface area contributed by atoms with E-state index >= 15 is 0 Å². The van der Waals surface area contributed by atoms with E-state index in [0.717, 1.165) is 0 Å². The van der Waals surface area contributed by atoms with E-state index in [1.54, 1.807) is 0 Å². The highest BCUT2D eigenvalue weighted by molar-refractivity contribution is 7.98. The molecule has 0 aliphatic rings. The maximum Gasteiger partial charge on any atom is -0.00729 e. The first-order chi connectivity index (χ1) is 11.3. The summed E-state index contributed by atoms with van der Waals surface area (Å²) in [6.07, 6.45) is 22.9. The second-order valence-electron chi connectivity index (χ2n) is 5.27. The molecule has 0 aromatic heterocycles. The first kappa shape index (κ1) is 27.0. The van der Waals surface area contributed by atoms with Crippen molar-refractivity contribution < 1.29 is 0 Å². The van der Waals surface area contributed by atoms with E-state index in [1.165, 1.54) is 63.5 Å². The summed E-state index contributed by atoms with van der Waals surface area (Å²) in [6, 6.07) is 12.0. The van der Waals surface area contributed by atoms with Crippen LogP contribution in [0.15, 0.2) is 36.4 Å². The number of benzene rings is 1. The van der Waals surface area contributed by atoms with Crippen LogP contribution in [0.4, 0.5) is 0 Å². The molecule has 1 aromatic rings. The van der Waals surface area contributed by atoms with Crippen molar-refractivity contribution in [3.05, 3.63) is 36.4 Å². The van der Waals surface area contributed by atoms with Crippen LogP contribution < -0.4 is 0 Å². The van der Waals surface area contributed by atoms with Crippen LogP contribution in [0.5, 0.6) is 0 Å². The summed E-state index contributed by atoms with van der Waals surface area (Å²) in [7, 11) is 0. The van der Waals surface area contributed by atoms with Crippen molar-refractivity contribution in [3.63, 3.8) is 0 Å². The molecule has 1 aromatic carbocycles. The van der Waals surface area contributed by atoms with Crippen molar-refractivity contribution in [2.45, 2.75) is 78.6 Å². The minimum Gasteiger partial charge on any atom is -0.165 e. The fourth-order valence-electron chi connectivity index (χ4n) is 1.80. The van der Waals surface area contributed by atoms with Crippen LogP contribution in [0.2, 0.25) is 0 Å². The summed E-state index contributed by atoms with van der Waals surface area (Å²) in [6.45, 7) is 6.73. The summed E-state index contributed by atoms with van der Waals surface area (Å²) in [5, 5.41) is 0. The Morgan fingerprint density at radius 2 is 0.870 bits per heavy atom. The van der Waals surface area contributed by atoms with Gasteiger partial charge in [-0.15, -0.1) is 12.8 Å². The Balaban J connectivity index is -0.000000263. The second kappa shape index (κ2) is 32.9. The third-order valence-corrected chi connectivity index (χ3v) is 3.85. The summed E-state index contributed by atoms with van der Waals surface area (Å²) in [4.78, 5) is 0. The zero-order valence-electron chi connectivity index (χ0n) is 16.1. The lowest BCUT2D eigenvalue weighted by atomic mass is 10.1. The average molecular weight is 337 g/mol. The third-order valence-electron chi connectivity index (χ3n) is 3.03. The molecule has 1 heteroatoms. The number of terminal acetylenes is 1. The van der Waals surface area contributed by atoms with Gasteiger partial charge in [0.25, 0.3) is 0 Å². The second-order valence-corrected chi connectivity index (χ2v) is 6.25. The smallest absolute Gasteiger partial charge is 0.00729 e. The van der Waals surface area contributed by atoms with E-state index in [4.69, 9.17) is 0 Å². The molecule has 0 fully saturated rings. The van der Waals surface area contributed by atoms with Crippen LogP contribution >= 0.6 is 11.8 Å². The van der Waals surface area contributed by atoms with E-state index in [2.05, 4.69) is 39.9 Å². The minimum atomic E-state index is 1.31. The normalized spacial score (nSPS) is 8.43. The van der Waals surface area contributed by atoms with Gasteiger partial charge in [0.15, 0.2) is 0 Å². The van der Waals surface area contributed by atoms with Gasteiger partial charge >= 0.3 is 0 Å². The Bertz CT molecular complexity index is 229. The number of rotatable bonds is 9. The molecule has 0 saturated heterocycles. The van der Waals surface area contributed by atoms with Crippen LogP contribution in [0.3, 0.4) is 0 Å². The predicted octanol–water partition coefficient (Wildman–Crippen LogP) is 7.84. The van der Waals surface area contributed by atoms with Gasteiger partial charge in [-0.05, 0) is 18.4 Å². The molecule has 0 atom stereocenters. The minimum absolute atomic E-state index is 1.31. The lowest BCUT2D eigenvalue weighted by molar-refractivity contribution is 0.585. The van der Waals surface area contributed by atoms with Crippen molar-refractivity contribution in [3.8, 4) is 12.8 Å².